The average Bonchev–Trinajstić information content (AvgIpc) is 3.10. The molecule has 0 spiro atoms. The van der Waals surface area contributed by atoms with Gasteiger partial charge in [-0.2, -0.15) is 0 Å². The molecule has 1 heterocycles. The van der Waals surface area contributed by atoms with Gasteiger partial charge in [-0.3, -0.25) is 0 Å². The standard InChI is InChI=1S/C15H29O/c1-2-3-4-5-6-7-8-9-10-11-12-13-15-14-16-15/h13,15H,2-12,14H2,1H3. The Morgan fingerprint density at radius 2 is 1.38 bits per heavy atom. The number of hydrogen-bond acceptors (Lipinski definition) is 1. The maximum absolute atomic E-state index is 5.14. The van der Waals surface area contributed by atoms with E-state index in [9.17, 15) is 0 Å². The molecule has 1 aliphatic rings. The highest BCUT2D eigenvalue weighted by atomic mass is 16.6. The summed E-state index contributed by atoms with van der Waals surface area (Å²) in [6, 6.07) is 0. The topological polar surface area (TPSA) is 12.5 Å². The fourth-order valence-electron chi connectivity index (χ4n) is 2.13. The van der Waals surface area contributed by atoms with Crippen LogP contribution in [0, 0.1) is 6.42 Å². The van der Waals surface area contributed by atoms with Crippen LogP contribution in [0.4, 0.5) is 0 Å². The molecule has 1 fully saturated rings. The Balaban J connectivity index is 1.61. The molecule has 0 amide bonds. The molecule has 16 heavy (non-hydrogen) atoms. The van der Waals surface area contributed by atoms with Crippen molar-refractivity contribution in [2.24, 2.45) is 0 Å². The van der Waals surface area contributed by atoms with Gasteiger partial charge in [0.05, 0.1) is 12.7 Å². The van der Waals surface area contributed by atoms with Gasteiger partial charge in [0.2, 0.25) is 0 Å². The van der Waals surface area contributed by atoms with Gasteiger partial charge in [0.15, 0.2) is 0 Å². The summed E-state index contributed by atoms with van der Waals surface area (Å²) in [5.74, 6) is 0. The molecule has 0 bridgehead atoms. The van der Waals surface area contributed by atoms with Crippen LogP contribution in [0.2, 0.25) is 0 Å². The SMILES string of the molecule is CCCCCCCCCCCC[CH]C1CO1. The largest absolute Gasteiger partial charge is 0.373 e. The van der Waals surface area contributed by atoms with E-state index in [0.29, 0.717) is 6.10 Å². The molecule has 1 saturated heterocycles. The summed E-state index contributed by atoms with van der Waals surface area (Å²) in [5.41, 5.74) is 0. The van der Waals surface area contributed by atoms with Gasteiger partial charge in [-0.05, 0) is 12.8 Å². The van der Waals surface area contributed by atoms with Crippen LogP contribution in [0.3, 0.4) is 0 Å². The lowest BCUT2D eigenvalue weighted by atomic mass is 10.0. The molecule has 0 N–H and O–H groups in total. The van der Waals surface area contributed by atoms with Gasteiger partial charge >= 0.3 is 0 Å². The van der Waals surface area contributed by atoms with E-state index in [0.717, 1.165) is 6.61 Å². The predicted molar refractivity (Wildman–Crippen MR) is 70.5 cm³/mol. The van der Waals surface area contributed by atoms with E-state index in [-0.39, 0.29) is 0 Å². The molecule has 0 aromatic carbocycles. The Labute approximate surface area is 102 Å². The van der Waals surface area contributed by atoms with Gasteiger partial charge in [-0.25, -0.2) is 0 Å². The number of ether oxygens (including phenoxy) is 1. The van der Waals surface area contributed by atoms with Crippen molar-refractivity contribution in [1.82, 2.24) is 0 Å². The van der Waals surface area contributed by atoms with Gasteiger partial charge < -0.3 is 4.74 Å². The van der Waals surface area contributed by atoms with Crippen LogP contribution in [0.1, 0.15) is 77.6 Å². The minimum absolute atomic E-state index is 0.526. The van der Waals surface area contributed by atoms with E-state index >= 15 is 0 Å². The van der Waals surface area contributed by atoms with Crippen molar-refractivity contribution in [2.75, 3.05) is 6.61 Å². The summed E-state index contributed by atoms with van der Waals surface area (Å²) in [6.45, 7) is 3.27. The van der Waals surface area contributed by atoms with Crippen LogP contribution >= 0.6 is 0 Å². The number of rotatable bonds is 12. The summed E-state index contributed by atoms with van der Waals surface area (Å²) in [6.07, 6.45) is 18.4. The monoisotopic (exact) mass is 225 g/mol. The molecule has 1 atom stereocenters. The first kappa shape index (κ1) is 14.0. The third-order valence-corrected chi connectivity index (χ3v) is 3.35. The Morgan fingerprint density at radius 1 is 0.875 bits per heavy atom. The number of unbranched alkanes of at least 4 members (excludes halogenated alkanes) is 10. The zero-order valence-electron chi connectivity index (χ0n) is 11.0. The van der Waals surface area contributed by atoms with Crippen molar-refractivity contribution in [3.8, 4) is 0 Å². The molecule has 0 saturated carbocycles. The van der Waals surface area contributed by atoms with Gasteiger partial charge in [0.1, 0.15) is 0 Å². The maximum atomic E-state index is 5.14. The van der Waals surface area contributed by atoms with Crippen LogP contribution < -0.4 is 0 Å². The van der Waals surface area contributed by atoms with Crippen LogP contribution in [0.5, 0.6) is 0 Å². The molecule has 1 rings (SSSR count). The van der Waals surface area contributed by atoms with E-state index < -0.39 is 0 Å². The summed E-state index contributed by atoms with van der Waals surface area (Å²) in [5, 5.41) is 0. The molecule has 0 aromatic heterocycles. The minimum Gasteiger partial charge on any atom is -0.373 e. The molecule has 1 heteroatoms. The Bertz CT molecular complexity index is 140. The second-order valence-electron chi connectivity index (χ2n) is 5.08. The van der Waals surface area contributed by atoms with Crippen LogP contribution in [0.15, 0.2) is 0 Å². The first-order chi connectivity index (χ1) is 7.93. The Kier molecular flexibility index (Phi) is 8.88. The maximum Gasteiger partial charge on any atom is 0.0841 e. The second-order valence-corrected chi connectivity index (χ2v) is 5.08. The van der Waals surface area contributed by atoms with Crippen LogP contribution in [-0.2, 0) is 4.74 Å². The molecule has 1 aliphatic heterocycles. The first-order valence-electron chi connectivity index (χ1n) is 7.38. The third-order valence-electron chi connectivity index (χ3n) is 3.35. The fourth-order valence-corrected chi connectivity index (χ4v) is 2.13. The predicted octanol–water partition coefficient (Wildman–Crippen LogP) is 4.90. The molecular weight excluding hydrogens is 196 g/mol. The second kappa shape index (κ2) is 10.1. The van der Waals surface area contributed by atoms with E-state index in [1.54, 1.807) is 0 Å². The Hall–Kier alpha value is -0.0400. The molecule has 0 aromatic rings. The lowest BCUT2D eigenvalue weighted by Gasteiger charge is -2.01. The van der Waals surface area contributed by atoms with E-state index in [4.69, 9.17) is 4.74 Å². The highest BCUT2D eigenvalue weighted by molar-refractivity contribution is 4.85. The lowest BCUT2D eigenvalue weighted by molar-refractivity contribution is 0.423. The summed E-state index contributed by atoms with van der Waals surface area (Å²) in [7, 11) is 0. The van der Waals surface area contributed by atoms with Crippen molar-refractivity contribution in [3.05, 3.63) is 6.42 Å². The molecule has 0 aliphatic carbocycles. The van der Waals surface area contributed by atoms with Crippen molar-refractivity contribution >= 4 is 0 Å². The van der Waals surface area contributed by atoms with Crippen LogP contribution in [0.25, 0.3) is 0 Å². The molecular formula is C15H29O. The third kappa shape index (κ3) is 9.21. The summed E-state index contributed by atoms with van der Waals surface area (Å²) < 4.78 is 5.14. The van der Waals surface area contributed by atoms with E-state index in [2.05, 4.69) is 13.3 Å². The van der Waals surface area contributed by atoms with E-state index in [1.807, 2.05) is 0 Å². The normalized spacial score (nSPS) is 18.9. The van der Waals surface area contributed by atoms with Gasteiger partial charge in [-0.15, -0.1) is 0 Å². The molecule has 1 unspecified atom stereocenters. The van der Waals surface area contributed by atoms with Crippen molar-refractivity contribution in [1.29, 1.82) is 0 Å². The highest BCUT2D eigenvalue weighted by Gasteiger charge is 2.21. The molecule has 95 valence electrons. The van der Waals surface area contributed by atoms with Gasteiger partial charge in [0.25, 0.3) is 0 Å². The zero-order valence-corrected chi connectivity index (χ0v) is 11.0. The zero-order chi connectivity index (χ0) is 11.5. The minimum atomic E-state index is 0.526. The summed E-state index contributed by atoms with van der Waals surface area (Å²) >= 11 is 0. The fraction of sp³-hybridized carbons (Fsp3) is 0.933. The van der Waals surface area contributed by atoms with Gasteiger partial charge in [0, 0.05) is 0 Å². The van der Waals surface area contributed by atoms with Crippen molar-refractivity contribution in [3.63, 3.8) is 0 Å². The quantitative estimate of drug-likeness (QED) is 0.340. The smallest absolute Gasteiger partial charge is 0.0841 e. The lowest BCUT2D eigenvalue weighted by Crippen LogP contribution is -1.87. The van der Waals surface area contributed by atoms with E-state index in [1.165, 1.54) is 70.6 Å². The summed E-state index contributed by atoms with van der Waals surface area (Å²) in [4.78, 5) is 0. The molecule has 1 nitrogen and oxygen atoms in total. The number of hydrogen-bond donors (Lipinski definition) is 0. The van der Waals surface area contributed by atoms with Crippen molar-refractivity contribution in [2.45, 2.75) is 83.7 Å². The molecule has 1 radical (unpaired) electrons. The number of epoxide rings is 1. The Morgan fingerprint density at radius 3 is 1.88 bits per heavy atom. The average molecular weight is 225 g/mol. The van der Waals surface area contributed by atoms with Gasteiger partial charge in [-0.1, -0.05) is 71.1 Å². The first-order valence-corrected chi connectivity index (χ1v) is 7.38. The van der Waals surface area contributed by atoms with Crippen LogP contribution in [-0.4, -0.2) is 12.7 Å². The van der Waals surface area contributed by atoms with Crippen molar-refractivity contribution < 1.29 is 4.74 Å². The highest BCUT2D eigenvalue weighted by Crippen LogP contribution is 2.17.